The lowest BCUT2D eigenvalue weighted by atomic mass is 10.2. The fourth-order valence-electron chi connectivity index (χ4n) is 1.26. The topological polar surface area (TPSA) is 29.5 Å². The maximum atomic E-state index is 11.3. The van der Waals surface area contributed by atoms with Crippen LogP contribution in [0.5, 0.6) is 5.75 Å². The number of ether oxygens (including phenoxy) is 1. The lowest BCUT2D eigenvalue weighted by Gasteiger charge is -2.16. The number of allylic oxidation sites excluding steroid dienone is 1. The molecule has 1 rings (SSSR count). The van der Waals surface area contributed by atoms with E-state index in [1.165, 1.54) is 6.92 Å². The standard InChI is InChI=1S/C12H15NO2/c1-4-9-13(10(2)14)11-5-7-12(15-3)8-6-11/h4-9H,1-3H3/b9-4+. The fraction of sp³-hybridized carbons (Fsp3) is 0.250. The summed E-state index contributed by atoms with van der Waals surface area (Å²) in [5.74, 6) is 0.765. The minimum atomic E-state index is -0.0155. The molecule has 0 bridgehead atoms. The summed E-state index contributed by atoms with van der Waals surface area (Å²) in [6.45, 7) is 3.41. The van der Waals surface area contributed by atoms with Gasteiger partial charge < -0.3 is 4.74 Å². The van der Waals surface area contributed by atoms with E-state index < -0.39 is 0 Å². The number of nitrogens with zero attached hydrogens (tertiary/aromatic N) is 1. The fourth-order valence-corrected chi connectivity index (χ4v) is 1.26. The van der Waals surface area contributed by atoms with Gasteiger partial charge in [0.05, 0.1) is 7.11 Å². The van der Waals surface area contributed by atoms with Gasteiger partial charge in [-0.3, -0.25) is 9.69 Å². The highest BCUT2D eigenvalue weighted by Gasteiger charge is 2.07. The molecule has 3 heteroatoms. The number of amides is 1. The Hall–Kier alpha value is -1.77. The Balaban J connectivity index is 2.96. The van der Waals surface area contributed by atoms with Gasteiger partial charge in [0.1, 0.15) is 5.75 Å². The zero-order chi connectivity index (χ0) is 11.3. The van der Waals surface area contributed by atoms with Gasteiger partial charge in [0.2, 0.25) is 5.91 Å². The van der Waals surface area contributed by atoms with Gasteiger partial charge in [-0.15, -0.1) is 0 Å². The molecule has 0 aliphatic heterocycles. The number of methoxy groups -OCH3 is 1. The highest BCUT2D eigenvalue weighted by atomic mass is 16.5. The van der Waals surface area contributed by atoms with Crippen molar-refractivity contribution in [2.45, 2.75) is 13.8 Å². The number of carbonyl (C=O) groups is 1. The molecule has 0 N–H and O–H groups in total. The van der Waals surface area contributed by atoms with E-state index in [-0.39, 0.29) is 5.91 Å². The van der Waals surface area contributed by atoms with Crippen LogP contribution in [-0.4, -0.2) is 13.0 Å². The zero-order valence-corrected chi connectivity index (χ0v) is 9.23. The van der Waals surface area contributed by atoms with Crippen LogP contribution in [-0.2, 0) is 4.79 Å². The van der Waals surface area contributed by atoms with E-state index in [1.54, 1.807) is 18.2 Å². The molecule has 1 aromatic rings. The van der Waals surface area contributed by atoms with Crippen molar-refractivity contribution in [1.82, 2.24) is 0 Å². The Kier molecular flexibility index (Phi) is 3.92. The van der Waals surface area contributed by atoms with E-state index in [0.717, 1.165) is 11.4 Å². The third kappa shape index (κ3) is 2.84. The van der Waals surface area contributed by atoms with Crippen LogP contribution in [0.3, 0.4) is 0 Å². The van der Waals surface area contributed by atoms with E-state index in [1.807, 2.05) is 37.3 Å². The van der Waals surface area contributed by atoms with E-state index in [4.69, 9.17) is 4.74 Å². The maximum absolute atomic E-state index is 11.3. The summed E-state index contributed by atoms with van der Waals surface area (Å²) in [6, 6.07) is 7.35. The average Bonchev–Trinajstić information content (AvgIpc) is 2.26. The number of hydrogen-bond acceptors (Lipinski definition) is 2. The van der Waals surface area contributed by atoms with Gasteiger partial charge in [0.25, 0.3) is 0 Å². The van der Waals surface area contributed by atoms with Gasteiger partial charge in [-0.2, -0.15) is 0 Å². The van der Waals surface area contributed by atoms with Crippen LogP contribution in [0.1, 0.15) is 13.8 Å². The van der Waals surface area contributed by atoms with E-state index in [2.05, 4.69) is 0 Å². The first-order valence-corrected chi connectivity index (χ1v) is 4.75. The molecule has 0 unspecified atom stereocenters. The molecule has 15 heavy (non-hydrogen) atoms. The van der Waals surface area contributed by atoms with Gasteiger partial charge in [-0.25, -0.2) is 0 Å². The molecule has 0 spiro atoms. The monoisotopic (exact) mass is 205 g/mol. The molecule has 1 amide bonds. The van der Waals surface area contributed by atoms with Crippen molar-refractivity contribution < 1.29 is 9.53 Å². The summed E-state index contributed by atoms with van der Waals surface area (Å²) < 4.78 is 5.05. The van der Waals surface area contributed by atoms with Gasteiger partial charge in [0.15, 0.2) is 0 Å². The third-order valence-electron chi connectivity index (χ3n) is 1.99. The molecule has 0 saturated heterocycles. The normalized spacial score (nSPS) is 10.3. The van der Waals surface area contributed by atoms with Crippen molar-refractivity contribution in [3.05, 3.63) is 36.5 Å². The second-order valence-corrected chi connectivity index (χ2v) is 3.07. The lowest BCUT2D eigenvalue weighted by molar-refractivity contribution is -0.116. The molecule has 1 aromatic carbocycles. The van der Waals surface area contributed by atoms with Crippen LogP contribution in [0, 0.1) is 0 Å². The van der Waals surface area contributed by atoms with Crippen LogP contribution in [0.2, 0.25) is 0 Å². The van der Waals surface area contributed by atoms with Crippen molar-refractivity contribution in [2.24, 2.45) is 0 Å². The first-order valence-electron chi connectivity index (χ1n) is 4.75. The van der Waals surface area contributed by atoms with Crippen molar-refractivity contribution in [3.63, 3.8) is 0 Å². The molecule has 0 atom stereocenters. The predicted octanol–water partition coefficient (Wildman–Crippen LogP) is 2.58. The number of rotatable bonds is 3. The Labute approximate surface area is 90.0 Å². The van der Waals surface area contributed by atoms with E-state index in [0.29, 0.717) is 0 Å². The molecule has 80 valence electrons. The zero-order valence-electron chi connectivity index (χ0n) is 9.23. The number of anilines is 1. The molecule has 0 saturated carbocycles. The molecule has 0 radical (unpaired) electrons. The van der Waals surface area contributed by atoms with Gasteiger partial charge in [-0.1, -0.05) is 6.08 Å². The Morgan fingerprint density at radius 1 is 1.33 bits per heavy atom. The summed E-state index contributed by atoms with van der Waals surface area (Å²) >= 11 is 0. The average molecular weight is 205 g/mol. The molecule has 0 aliphatic carbocycles. The smallest absolute Gasteiger partial charge is 0.227 e. The van der Waals surface area contributed by atoms with Crippen molar-refractivity contribution in [1.29, 1.82) is 0 Å². The molecular formula is C12H15NO2. The predicted molar refractivity (Wildman–Crippen MR) is 61.0 cm³/mol. The Bertz CT molecular complexity index is 354. The first-order chi connectivity index (χ1) is 7.19. The largest absolute Gasteiger partial charge is 0.497 e. The first kappa shape index (κ1) is 11.3. The van der Waals surface area contributed by atoms with Crippen molar-refractivity contribution in [2.75, 3.05) is 12.0 Å². The summed E-state index contributed by atoms with van der Waals surface area (Å²) in [7, 11) is 1.61. The van der Waals surface area contributed by atoms with E-state index >= 15 is 0 Å². The van der Waals surface area contributed by atoms with Crippen LogP contribution in [0.4, 0.5) is 5.69 Å². The highest BCUT2D eigenvalue weighted by molar-refractivity contribution is 5.93. The van der Waals surface area contributed by atoms with Crippen LogP contribution < -0.4 is 9.64 Å². The van der Waals surface area contributed by atoms with Gasteiger partial charge in [0, 0.05) is 18.8 Å². The van der Waals surface area contributed by atoms with Crippen LogP contribution in [0.15, 0.2) is 36.5 Å². The Morgan fingerprint density at radius 3 is 2.33 bits per heavy atom. The Morgan fingerprint density at radius 2 is 1.93 bits per heavy atom. The minimum absolute atomic E-state index is 0.0155. The summed E-state index contributed by atoms with van der Waals surface area (Å²) in [4.78, 5) is 12.9. The molecule has 0 heterocycles. The summed E-state index contributed by atoms with van der Waals surface area (Å²) in [5, 5.41) is 0. The molecule has 0 aromatic heterocycles. The van der Waals surface area contributed by atoms with Gasteiger partial charge in [-0.05, 0) is 31.2 Å². The third-order valence-corrected chi connectivity index (χ3v) is 1.99. The minimum Gasteiger partial charge on any atom is -0.497 e. The van der Waals surface area contributed by atoms with Crippen LogP contribution in [0.25, 0.3) is 0 Å². The molecule has 3 nitrogen and oxygen atoms in total. The highest BCUT2D eigenvalue weighted by Crippen LogP contribution is 2.19. The molecular weight excluding hydrogens is 190 g/mol. The number of benzene rings is 1. The van der Waals surface area contributed by atoms with Crippen molar-refractivity contribution in [3.8, 4) is 5.75 Å². The van der Waals surface area contributed by atoms with Crippen molar-refractivity contribution >= 4 is 11.6 Å². The second kappa shape index (κ2) is 5.20. The quantitative estimate of drug-likeness (QED) is 0.759. The second-order valence-electron chi connectivity index (χ2n) is 3.07. The number of carbonyl (C=O) groups excluding carboxylic acids is 1. The van der Waals surface area contributed by atoms with E-state index in [9.17, 15) is 4.79 Å². The summed E-state index contributed by atoms with van der Waals surface area (Å²) in [6.07, 6.45) is 3.57. The number of hydrogen-bond donors (Lipinski definition) is 0. The molecule has 0 fully saturated rings. The lowest BCUT2D eigenvalue weighted by Crippen LogP contribution is -2.21. The van der Waals surface area contributed by atoms with Gasteiger partial charge >= 0.3 is 0 Å². The molecule has 0 aliphatic rings. The summed E-state index contributed by atoms with van der Waals surface area (Å²) in [5.41, 5.74) is 0.835. The SMILES string of the molecule is C/C=C/N(C(C)=O)c1ccc(OC)cc1. The van der Waals surface area contributed by atoms with Crippen LogP contribution >= 0.6 is 0 Å². The maximum Gasteiger partial charge on any atom is 0.227 e.